The van der Waals surface area contributed by atoms with E-state index in [4.69, 9.17) is 14.6 Å². The summed E-state index contributed by atoms with van der Waals surface area (Å²) in [5.41, 5.74) is 5.86. The Hall–Kier alpha value is 0.0969. The summed E-state index contributed by atoms with van der Waals surface area (Å²) in [6, 6.07) is 2.08. The van der Waals surface area contributed by atoms with Crippen LogP contribution in [0, 0.1) is 0 Å². The summed E-state index contributed by atoms with van der Waals surface area (Å²) in [5.74, 6) is 0. The molecule has 0 saturated heterocycles. The zero-order chi connectivity index (χ0) is 9.61. The second-order valence-electron chi connectivity index (χ2n) is 3.04. The lowest BCUT2D eigenvalue weighted by Crippen LogP contribution is -2.44. The molecule has 0 aromatic carbocycles. The van der Waals surface area contributed by atoms with Gasteiger partial charge in [-0.1, -0.05) is 13.8 Å². The van der Waals surface area contributed by atoms with E-state index >= 15 is 0 Å². The zero-order valence-electron chi connectivity index (χ0n) is 8.59. The third kappa shape index (κ3) is 3.22. The van der Waals surface area contributed by atoms with Crippen LogP contribution in [0.15, 0.2) is 0 Å². The highest BCUT2D eigenvalue weighted by atomic mass is 28.4. The molecule has 0 amide bonds. The first-order valence-electron chi connectivity index (χ1n) is 4.50. The Bertz CT molecular complexity index is 109. The minimum Gasteiger partial charge on any atom is -0.398 e. The molecule has 0 saturated carbocycles. The summed E-state index contributed by atoms with van der Waals surface area (Å²) >= 11 is 0. The maximum atomic E-state index is 5.86. The summed E-state index contributed by atoms with van der Waals surface area (Å²) < 4.78 is 10.9. The van der Waals surface area contributed by atoms with Gasteiger partial charge < -0.3 is 14.6 Å². The molecule has 1 atom stereocenters. The molecule has 0 aromatic heterocycles. The van der Waals surface area contributed by atoms with Gasteiger partial charge in [0.25, 0.3) is 0 Å². The normalized spacial score (nSPS) is 14.8. The number of hydrogen-bond donors (Lipinski definition) is 1. The second-order valence-corrected chi connectivity index (χ2v) is 6.80. The van der Waals surface area contributed by atoms with Gasteiger partial charge in [-0.3, -0.25) is 0 Å². The van der Waals surface area contributed by atoms with Crippen LogP contribution >= 0.6 is 0 Å². The summed E-state index contributed by atoms with van der Waals surface area (Å²) in [6.45, 7) is 4.19. The fourth-order valence-electron chi connectivity index (χ4n) is 1.23. The Morgan fingerprint density at radius 3 is 2.00 bits per heavy atom. The molecule has 0 aromatic rings. The maximum absolute atomic E-state index is 5.86. The quantitative estimate of drug-likeness (QED) is 0.647. The van der Waals surface area contributed by atoms with Crippen LogP contribution in [0.2, 0.25) is 12.1 Å². The van der Waals surface area contributed by atoms with Crippen molar-refractivity contribution in [1.29, 1.82) is 0 Å². The third-order valence-corrected chi connectivity index (χ3v) is 6.09. The van der Waals surface area contributed by atoms with E-state index in [0.717, 1.165) is 18.5 Å². The highest BCUT2D eigenvalue weighted by molar-refractivity contribution is 6.67. The fourth-order valence-corrected chi connectivity index (χ4v) is 3.68. The van der Waals surface area contributed by atoms with Gasteiger partial charge in [0, 0.05) is 26.3 Å². The summed E-state index contributed by atoms with van der Waals surface area (Å²) in [7, 11) is 1.52. The highest BCUT2D eigenvalue weighted by Gasteiger charge is 2.34. The molecule has 0 rings (SSSR count). The molecular formula is C8H21NO2Si. The van der Waals surface area contributed by atoms with Gasteiger partial charge in [0.2, 0.25) is 0 Å². The van der Waals surface area contributed by atoms with Gasteiger partial charge in [-0.25, -0.2) is 0 Å². The molecule has 0 aliphatic heterocycles. The Labute approximate surface area is 76.5 Å². The van der Waals surface area contributed by atoms with Crippen LogP contribution < -0.4 is 5.73 Å². The van der Waals surface area contributed by atoms with Crippen molar-refractivity contribution in [2.45, 2.75) is 38.4 Å². The van der Waals surface area contributed by atoms with Gasteiger partial charge in [0.1, 0.15) is 0 Å². The first-order chi connectivity index (χ1) is 5.64. The minimum absolute atomic E-state index is 0.219. The van der Waals surface area contributed by atoms with Crippen molar-refractivity contribution in [1.82, 2.24) is 0 Å². The topological polar surface area (TPSA) is 44.5 Å². The van der Waals surface area contributed by atoms with E-state index < -0.39 is 8.56 Å². The van der Waals surface area contributed by atoms with Gasteiger partial charge in [0.15, 0.2) is 0 Å². The molecule has 4 heteroatoms. The predicted octanol–water partition coefficient (Wildman–Crippen LogP) is 1.48. The van der Waals surface area contributed by atoms with E-state index in [0.29, 0.717) is 0 Å². The Morgan fingerprint density at radius 2 is 1.75 bits per heavy atom. The molecule has 0 heterocycles. The van der Waals surface area contributed by atoms with Crippen LogP contribution in [0.25, 0.3) is 0 Å². The molecule has 1 unspecified atom stereocenters. The van der Waals surface area contributed by atoms with E-state index in [1.165, 1.54) is 0 Å². The van der Waals surface area contributed by atoms with Crippen molar-refractivity contribution < 1.29 is 8.85 Å². The summed E-state index contributed by atoms with van der Waals surface area (Å²) in [5, 5.41) is 0. The first kappa shape index (κ1) is 12.1. The molecule has 0 aliphatic carbocycles. The third-order valence-electron chi connectivity index (χ3n) is 2.38. The first-order valence-corrected chi connectivity index (χ1v) is 6.73. The molecule has 0 fully saturated rings. The molecule has 0 bridgehead atoms. The fraction of sp³-hybridized carbons (Fsp3) is 1.00. The van der Waals surface area contributed by atoms with Gasteiger partial charge in [-0.2, -0.15) is 0 Å². The lowest BCUT2D eigenvalue weighted by atomic mass is 10.3. The van der Waals surface area contributed by atoms with Crippen LogP contribution in [-0.4, -0.2) is 28.8 Å². The lowest BCUT2D eigenvalue weighted by Gasteiger charge is -2.28. The van der Waals surface area contributed by atoms with Crippen molar-refractivity contribution in [3.05, 3.63) is 0 Å². The molecule has 74 valence electrons. The molecule has 0 spiro atoms. The van der Waals surface area contributed by atoms with Crippen LogP contribution in [0.1, 0.15) is 20.3 Å². The lowest BCUT2D eigenvalue weighted by molar-refractivity contribution is 0.239. The minimum atomic E-state index is -1.93. The predicted molar refractivity (Wildman–Crippen MR) is 53.3 cm³/mol. The average molecular weight is 191 g/mol. The summed E-state index contributed by atoms with van der Waals surface area (Å²) in [4.78, 5) is 0. The monoisotopic (exact) mass is 191 g/mol. The van der Waals surface area contributed by atoms with Crippen molar-refractivity contribution in [3.63, 3.8) is 0 Å². The Balaban J connectivity index is 4.09. The molecule has 0 radical (unpaired) electrons. The van der Waals surface area contributed by atoms with E-state index in [-0.39, 0.29) is 6.04 Å². The molecule has 3 nitrogen and oxygen atoms in total. The van der Waals surface area contributed by atoms with Crippen molar-refractivity contribution in [2.75, 3.05) is 14.2 Å². The SMILES string of the molecule is CCC(N)C[Si](CC)(OC)OC. The van der Waals surface area contributed by atoms with E-state index in [1.54, 1.807) is 14.2 Å². The number of nitrogens with two attached hydrogens (primary N) is 1. The van der Waals surface area contributed by atoms with Crippen molar-refractivity contribution >= 4 is 8.56 Å². The van der Waals surface area contributed by atoms with Gasteiger partial charge >= 0.3 is 8.56 Å². The van der Waals surface area contributed by atoms with Crippen LogP contribution in [-0.2, 0) is 8.85 Å². The van der Waals surface area contributed by atoms with E-state index in [2.05, 4.69) is 13.8 Å². The van der Waals surface area contributed by atoms with E-state index in [9.17, 15) is 0 Å². The molecule has 0 aliphatic rings. The van der Waals surface area contributed by atoms with Crippen LogP contribution in [0.4, 0.5) is 0 Å². The number of hydrogen-bond acceptors (Lipinski definition) is 3. The van der Waals surface area contributed by atoms with Gasteiger partial charge in [0.05, 0.1) is 0 Å². The molecular weight excluding hydrogens is 170 g/mol. The largest absolute Gasteiger partial charge is 0.398 e. The standard InChI is InChI=1S/C8H21NO2Si/c1-5-8(9)7-12(6-2,10-3)11-4/h8H,5-7,9H2,1-4H3. The van der Waals surface area contributed by atoms with E-state index in [1.807, 2.05) is 0 Å². The van der Waals surface area contributed by atoms with Crippen LogP contribution in [0.3, 0.4) is 0 Å². The summed E-state index contributed by atoms with van der Waals surface area (Å²) in [6.07, 6.45) is 0.988. The van der Waals surface area contributed by atoms with Crippen molar-refractivity contribution in [2.24, 2.45) is 5.73 Å². The van der Waals surface area contributed by atoms with Gasteiger partial charge in [-0.05, 0) is 12.5 Å². The maximum Gasteiger partial charge on any atom is 0.338 e. The van der Waals surface area contributed by atoms with Crippen LogP contribution in [0.5, 0.6) is 0 Å². The van der Waals surface area contributed by atoms with Gasteiger partial charge in [-0.15, -0.1) is 0 Å². The van der Waals surface area contributed by atoms with Crippen molar-refractivity contribution in [3.8, 4) is 0 Å². The molecule has 2 N–H and O–H groups in total. The Morgan fingerprint density at radius 1 is 1.25 bits per heavy atom. The highest BCUT2D eigenvalue weighted by Crippen LogP contribution is 2.19. The average Bonchev–Trinajstić information content (AvgIpc) is 2.14. The molecule has 12 heavy (non-hydrogen) atoms. The zero-order valence-corrected chi connectivity index (χ0v) is 9.59. The Kier molecular flexibility index (Phi) is 5.74. The number of rotatable bonds is 6. The smallest absolute Gasteiger partial charge is 0.338 e. The second kappa shape index (κ2) is 5.69.